The zero-order valence-corrected chi connectivity index (χ0v) is 10.8. The standard InChI is InChI=1S/C10H18BrNO2/c1-7-5-12(9(13)8(2)11)6-10(3,4)14-7/h7-8H,5-6H2,1-4H3. The van der Waals surface area contributed by atoms with E-state index in [1.54, 1.807) is 0 Å². The first-order chi connectivity index (χ1) is 6.32. The summed E-state index contributed by atoms with van der Waals surface area (Å²) in [7, 11) is 0. The zero-order valence-electron chi connectivity index (χ0n) is 9.21. The van der Waals surface area contributed by atoms with Gasteiger partial charge in [0.2, 0.25) is 5.91 Å². The van der Waals surface area contributed by atoms with Crippen molar-refractivity contribution in [2.75, 3.05) is 13.1 Å². The summed E-state index contributed by atoms with van der Waals surface area (Å²) in [6.45, 7) is 9.25. The number of alkyl halides is 1. The highest BCUT2D eigenvalue weighted by Gasteiger charge is 2.34. The molecule has 0 N–H and O–H groups in total. The largest absolute Gasteiger partial charge is 0.369 e. The molecule has 0 bridgehead atoms. The minimum atomic E-state index is -0.227. The quantitative estimate of drug-likeness (QED) is 0.676. The van der Waals surface area contributed by atoms with Crippen LogP contribution in [0.5, 0.6) is 0 Å². The lowest BCUT2D eigenvalue weighted by Crippen LogP contribution is -2.55. The monoisotopic (exact) mass is 263 g/mol. The summed E-state index contributed by atoms with van der Waals surface area (Å²) in [6, 6.07) is 0. The topological polar surface area (TPSA) is 29.5 Å². The summed E-state index contributed by atoms with van der Waals surface area (Å²) in [4.78, 5) is 13.5. The average molecular weight is 264 g/mol. The van der Waals surface area contributed by atoms with Crippen molar-refractivity contribution in [3.8, 4) is 0 Å². The van der Waals surface area contributed by atoms with Crippen molar-refractivity contribution in [2.24, 2.45) is 0 Å². The number of carbonyl (C=O) groups is 1. The molecule has 3 nitrogen and oxygen atoms in total. The molecule has 1 amide bonds. The summed E-state index contributed by atoms with van der Waals surface area (Å²) < 4.78 is 5.72. The maximum absolute atomic E-state index is 11.8. The smallest absolute Gasteiger partial charge is 0.236 e. The van der Waals surface area contributed by atoms with Gasteiger partial charge in [0, 0.05) is 13.1 Å². The van der Waals surface area contributed by atoms with Crippen molar-refractivity contribution in [3.05, 3.63) is 0 Å². The number of amides is 1. The Balaban J connectivity index is 2.67. The van der Waals surface area contributed by atoms with Crippen molar-refractivity contribution in [3.63, 3.8) is 0 Å². The number of hydrogen-bond acceptors (Lipinski definition) is 2. The minimum absolute atomic E-state index is 0.108. The maximum Gasteiger partial charge on any atom is 0.236 e. The van der Waals surface area contributed by atoms with Crippen LogP contribution in [0.4, 0.5) is 0 Å². The Hall–Kier alpha value is -0.0900. The van der Waals surface area contributed by atoms with Gasteiger partial charge in [0.1, 0.15) is 0 Å². The van der Waals surface area contributed by atoms with Crippen LogP contribution in [0.15, 0.2) is 0 Å². The number of rotatable bonds is 1. The number of ether oxygens (including phenoxy) is 1. The minimum Gasteiger partial charge on any atom is -0.369 e. The predicted octanol–water partition coefficient (Wildman–Crippen LogP) is 1.80. The Morgan fingerprint density at radius 3 is 2.64 bits per heavy atom. The van der Waals surface area contributed by atoms with E-state index in [1.165, 1.54) is 0 Å². The van der Waals surface area contributed by atoms with Crippen LogP contribution in [0, 0.1) is 0 Å². The van der Waals surface area contributed by atoms with E-state index in [-0.39, 0.29) is 22.4 Å². The van der Waals surface area contributed by atoms with Crippen molar-refractivity contribution >= 4 is 21.8 Å². The second-order valence-corrected chi connectivity index (χ2v) is 5.90. The molecule has 0 aromatic heterocycles. The summed E-state index contributed by atoms with van der Waals surface area (Å²) in [5.41, 5.74) is -0.227. The van der Waals surface area contributed by atoms with Crippen LogP contribution in [0.2, 0.25) is 0 Å². The highest BCUT2D eigenvalue weighted by atomic mass is 79.9. The van der Waals surface area contributed by atoms with Crippen molar-refractivity contribution < 1.29 is 9.53 Å². The van der Waals surface area contributed by atoms with E-state index in [0.717, 1.165) is 0 Å². The van der Waals surface area contributed by atoms with Crippen LogP contribution in [0.3, 0.4) is 0 Å². The molecule has 2 atom stereocenters. The van der Waals surface area contributed by atoms with Gasteiger partial charge in [-0.15, -0.1) is 0 Å². The van der Waals surface area contributed by atoms with Crippen LogP contribution in [-0.2, 0) is 9.53 Å². The highest BCUT2D eigenvalue weighted by Crippen LogP contribution is 2.22. The lowest BCUT2D eigenvalue weighted by Gasteiger charge is -2.42. The molecule has 0 aromatic rings. The molecule has 0 radical (unpaired) electrons. The van der Waals surface area contributed by atoms with Crippen molar-refractivity contribution in [2.45, 2.75) is 44.2 Å². The number of morpholine rings is 1. The SMILES string of the molecule is CC1CN(C(=O)C(C)Br)CC(C)(C)O1. The molecule has 0 aromatic carbocycles. The van der Waals surface area contributed by atoms with E-state index in [1.807, 2.05) is 32.6 Å². The molecule has 82 valence electrons. The maximum atomic E-state index is 11.8. The molecule has 1 fully saturated rings. The molecule has 14 heavy (non-hydrogen) atoms. The Morgan fingerprint density at radius 2 is 2.21 bits per heavy atom. The summed E-state index contributed by atoms with van der Waals surface area (Å²) in [6.07, 6.45) is 0.119. The van der Waals surface area contributed by atoms with Gasteiger partial charge in [0.05, 0.1) is 16.5 Å². The molecule has 2 unspecified atom stereocenters. The fourth-order valence-corrected chi connectivity index (χ4v) is 2.16. The van der Waals surface area contributed by atoms with Crippen LogP contribution in [-0.4, -0.2) is 40.4 Å². The average Bonchev–Trinajstić information content (AvgIpc) is 1.98. The van der Waals surface area contributed by atoms with Gasteiger partial charge in [0.25, 0.3) is 0 Å². The zero-order chi connectivity index (χ0) is 10.9. The Bertz CT molecular complexity index is 228. The molecule has 0 aliphatic carbocycles. The van der Waals surface area contributed by atoms with E-state index >= 15 is 0 Å². The summed E-state index contributed by atoms with van der Waals surface area (Å²) in [5.74, 6) is 0.147. The molecule has 1 heterocycles. The molecule has 1 saturated heterocycles. The van der Waals surface area contributed by atoms with Gasteiger partial charge >= 0.3 is 0 Å². The second kappa shape index (κ2) is 4.19. The normalized spacial score (nSPS) is 28.6. The Kier molecular flexibility index (Phi) is 3.58. The fraction of sp³-hybridized carbons (Fsp3) is 0.900. The van der Waals surface area contributed by atoms with Crippen molar-refractivity contribution in [1.29, 1.82) is 0 Å². The first-order valence-corrected chi connectivity index (χ1v) is 5.84. The van der Waals surface area contributed by atoms with E-state index < -0.39 is 0 Å². The molecule has 0 saturated carbocycles. The van der Waals surface area contributed by atoms with E-state index in [4.69, 9.17) is 4.74 Å². The predicted molar refractivity (Wildman–Crippen MR) is 59.6 cm³/mol. The van der Waals surface area contributed by atoms with Gasteiger partial charge in [-0.25, -0.2) is 0 Å². The molecule has 1 aliphatic rings. The number of halogens is 1. The Labute approximate surface area is 93.9 Å². The third-order valence-electron chi connectivity index (χ3n) is 2.22. The lowest BCUT2D eigenvalue weighted by atomic mass is 10.1. The van der Waals surface area contributed by atoms with Gasteiger partial charge in [0.15, 0.2) is 0 Å². The number of hydrogen-bond donors (Lipinski definition) is 0. The number of carbonyl (C=O) groups excluding carboxylic acids is 1. The van der Waals surface area contributed by atoms with E-state index in [9.17, 15) is 4.79 Å². The third-order valence-corrected chi connectivity index (χ3v) is 2.61. The summed E-state index contributed by atoms with van der Waals surface area (Å²) in [5, 5.41) is 0. The molecule has 4 heteroatoms. The lowest BCUT2D eigenvalue weighted by molar-refractivity contribution is -0.157. The van der Waals surface area contributed by atoms with E-state index in [0.29, 0.717) is 13.1 Å². The second-order valence-electron chi connectivity index (χ2n) is 4.52. The van der Waals surface area contributed by atoms with Crippen LogP contribution >= 0.6 is 15.9 Å². The molecule has 0 spiro atoms. The van der Waals surface area contributed by atoms with E-state index in [2.05, 4.69) is 15.9 Å². The van der Waals surface area contributed by atoms with Gasteiger partial charge in [-0.2, -0.15) is 0 Å². The van der Waals surface area contributed by atoms with Crippen LogP contribution < -0.4 is 0 Å². The molecule has 1 aliphatic heterocycles. The third kappa shape index (κ3) is 2.95. The van der Waals surface area contributed by atoms with Crippen LogP contribution in [0.25, 0.3) is 0 Å². The first kappa shape index (κ1) is 12.0. The van der Waals surface area contributed by atoms with Gasteiger partial charge in [-0.3, -0.25) is 4.79 Å². The Morgan fingerprint density at radius 1 is 1.64 bits per heavy atom. The van der Waals surface area contributed by atoms with Crippen LogP contribution in [0.1, 0.15) is 27.7 Å². The fourth-order valence-electron chi connectivity index (χ4n) is 1.87. The van der Waals surface area contributed by atoms with Crippen molar-refractivity contribution in [1.82, 2.24) is 4.90 Å². The highest BCUT2D eigenvalue weighted by molar-refractivity contribution is 9.10. The van der Waals surface area contributed by atoms with Gasteiger partial charge in [-0.1, -0.05) is 15.9 Å². The van der Waals surface area contributed by atoms with Gasteiger partial charge in [-0.05, 0) is 27.7 Å². The molecule has 1 rings (SSSR count). The molecular weight excluding hydrogens is 246 g/mol. The first-order valence-electron chi connectivity index (χ1n) is 4.92. The summed E-state index contributed by atoms with van der Waals surface area (Å²) >= 11 is 3.30. The molecular formula is C10H18BrNO2. The number of nitrogens with zero attached hydrogens (tertiary/aromatic N) is 1. The van der Waals surface area contributed by atoms with Gasteiger partial charge < -0.3 is 9.64 Å².